The molecule has 0 saturated carbocycles. The second kappa shape index (κ2) is 6.21. The maximum atomic E-state index is 12.1. The van der Waals surface area contributed by atoms with E-state index in [1.54, 1.807) is 29.5 Å². The van der Waals surface area contributed by atoms with Crippen LogP contribution in [0.3, 0.4) is 0 Å². The van der Waals surface area contributed by atoms with Gasteiger partial charge in [0.1, 0.15) is 0 Å². The van der Waals surface area contributed by atoms with Gasteiger partial charge in [0.15, 0.2) is 0 Å². The molecule has 0 atom stereocenters. The molecule has 0 aliphatic carbocycles. The minimum absolute atomic E-state index is 0.116. The van der Waals surface area contributed by atoms with Gasteiger partial charge >= 0.3 is 0 Å². The van der Waals surface area contributed by atoms with E-state index in [-0.39, 0.29) is 5.91 Å². The Morgan fingerprint density at radius 2 is 2.21 bits per heavy atom. The van der Waals surface area contributed by atoms with Crippen molar-refractivity contribution in [2.45, 2.75) is 19.9 Å². The number of anilines is 1. The molecule has 0 radical (unpaired) electrons. The van der Waals surface area contributed by atoms with Crippen LogP contribution in [-0.4, -0.2) is 5.91 Å². The zero-order chi connectivity index (χ0) is 13.8. The molecule has 0 saturated heterocycles. The number of hydrogen-bond acceptors (Lipinski definition) is 3. The topological polar surface area (TPSA) is 55.1 Å². The molecule has 0 bridgehead atoms. The minimum Gasteiger partial charge on any atom is -0.399 e. The number of carbonyl (C=O) groups excluding carboxylic acids is 1. The van der Waals surface area contributed by atoms with Crippen molar-refractivity contribution in [3.05, 3.63) is 50.1 Å². The third-order valence-corrected chi connectivity index (χ3v) is 4.52. The average Bonchev–Trinajstić information content (AvgIpc) is 2.86. The number of thiophene rings is 1. The van der Waals surface area contributed by atoms with Gasteiger partial charge in [-0.25, -0.2) is 0 Å². The second-order valence-corrected chi connectivity index (χ2v) is 6.00. The number of benzene rings is 1. The third kappa shape index (κ3) is 3.36. The van der Waals surface area contributed by atoms with E-state index in [0.29, 0.717) is 17.8 Å². The number of aryl methyl sites for hydroxylation is 1. The van der Waals surface area contributed by atoms with Crippen LogP contribution in [0.2, 0.25) is 0 Å². The van der Waals surface area contributed by atoms with Crippen LogP contribution < -0.4 is 11.1 Å². The van der Waals surface area contributed by atoms with Crippen LogP contribution in [0, 0.1) is 0 Å². The van der Waals surface area contributed by atoms with Gasteiger partial charge in [0, 0.05) is 15.0 Å². The Morgan fingerprint density at radius 3 is 2.95 bits per heavy atom. The van der Waals surface area contributed by atoms with E-state index in [2.05, 4.69) is 39.6 Å². The molecular formula is C14H15BrN2OS. The summed E-state index contributed by atoms with van der Waals surface area (Å²) in [6.45, 7) is 2.67. The summed E-state index contributed by atoms with van der Waals surface area (Å²) in [7, 11) is 0. The zero-order valence-electron chi connectivity index (χ0n) is 10.6. The molecule has 100 valence electrons. The Kier molecular flexibility index (Phi) is 4.61. The summed E-state index contributed by atoms with van der Waals surface area (Å²) in [5.41, 5.74) is 8.14. The monoisotopic (exact) mass is 338 g/mol. The first-order chi connectivity index (χ1) is 9.11. The highest BCUT2D eigenvalue weighted by molar-refractivity contribution is 9.10. The zero-order valence-corrected chi connectivity index (χ0v) is 13.0. The Hall–Kier alpha value is -1.33. The fourth-order valence-corrected chi connectivity index (χ4v) is 3.15. The van der Waals surface area contributed by atoms with Gasteiger partial charge in [-0.2, -0.15) is 0 Å². The van der Waals surface area contributed by atoms with Crippen LogP contribution in [0.1, 0.15) is 27.7 Å². The highest BCUT2D eigenvalue weighted by Crippen LogP contribution is 2.20. The highest BCUT2D eigenvalue weighted by atomic mass is 79.9. The van der Waals surface area contributed by atoms with Crippen LogP contribution in [0.4, 0.5) is 5.69 Å². The molecule has 19 heavy (non-hydrogen) atoms. The molecule has 3 nitrogen and oxygen atoms in total. The van der Waals surface area contributed by atoms with E-state index in [1.807, 2.05) is 0 Å². The molecule has 0 unspecified atom stereocenters. The van der Waals surface area contributed by atoms with Crippen LogP contribution in [0.25, 0.3) is 0 Å². The van der Waals surface area contributed by atoms with Crippen molar-refractivity contribution < 1.29 is 4.79 Å². The SMILES string of the molecule is CCc1ccsc1CNC(=O)c1cc(N)ccc1Br. The highest BCUT2D eigenvalue weighted by Gasteiger charge is 2.11. The van der Waals surface area contributed by atoms with E-state index in [9.17, 15) is 4.79 Å². The molecule has 2 aromatic rings. The first-order valence-corrected chi connectivity index (χ1v) is 7.67. The smallest absolute Gasteiger partial charge is 0.252 e. The van der Waals surface area contributed by atoms with Gasteiger partial charge in [0.05, 0.1) is 12.1 Å². The molecule has 0 aliphatic heterocycles. The lowest BCUT2D eigenvalue weighted by Crippen LogP contribution is -2.23. The lowest BCUT2D eigenvalue weighted by atomic mass is 10.2. The van der Waals surface area contributed by atoms with Crippen molar-refractivity contribution in [3.8, 4) is 0 Å². The first kappa shape index (κ1) is 14.1. The Balaban J connectivity index is 2.07. The van der Waals surface area contributed by atoms with Crippen molar-refractivity contribution >= 4 is 38.9 Å². The van der Waals surface area contributed by atoms with Gasteiger partial charge < -0.3 is 11.1 Å². The summed E-state index contributed by atoms with van der Waals surface area (Å²) >= 11 is 5.03. The van der Waals surface area contributed by atoms with Gasteiger partial charge in [-0.1, -0.05) is 6.92 Å². The third-order valence-electron chi connectivity index (χ3n) is 2.86. The molecule has 1 aromatic carbocycles. The lowest BCUT2D eigenvalue weighted by Gasteiger charge is -2.08. The van der Waals surface area contributed by atoms with E-state index >= 15 is 0 Å². The quantitative estimate of drug-likeness (QED) is 0.837. The molecule has 0 aliphatic rings. The molecule has 0 fully saturated rings. The summed E-state index contributed by atoms with van der Waals surface area (Å²) < 4.78 is 0.751. The molecule has 0 spiro atoms. The van der Waals surface area contributed by atoms with Crippen molar-refractivity contribution in [3.63, 3.8) is 0 Å². The summed E-state index contributed by atoms with van der Waals surface area (Å²) in [4.78, 5) is 13.3. The fraction of sp³-hybridized carbons (Fsp3) is 0.214. The molecule has 2 rings (SSSR count). The molecule has 3 N–H and O–H groups in total. The van der Waals surface area contributed by atoms with Crippen LogP contribution in [-0.2, 0) is 13.0 Å². The van der Waals surface area contributed by atoms with Crippen molar-refractivity contribution in [1.29, 1.82) is 0 Å². The maximum Gasteiger partial charge on any atom is 0.252 e. The van der Waals surface area contributed by atoms with Gasteiger partial charge in [-0.3, -0.25) is 4.79 Å². The number of rotatable bonds is 4. The number of nitrogens with two attached hydrogens (primary N) is 1. The minimum atomic E-state index is -0.116. The summed E-state index contributed by atoms with van der Waals surface area (Å²) in [6.07, 6.45) is 0.983. The Morgan fingerprint density at radius 1 is 1.42 bits per heavy atom. The first-order valence-electron chi connectivity index (χ1n) is 6.00. The van der Waals surface area contributed by atoms with Crippen molar-refractivity contribution in [1.82, 2.24) is 5.32 Å². The van der Waals surface area contributed by atoms with Crippen molar-refractivity contribution in [2.24, 2.45) is 0 Å². The van der Waals surface area contributed by atoms with Crippen LogP contribution in [0.5, 0.6) is 0 Å². The number of nitrogen functional groups attached to an aromatic ring is 1. The predicted molar refractivity (Wildman–Crippen MR) is 83.4 cm³/mol. The number of carbonyl (C=O) groups is 1. The molecule has 5 heteroatoms. The van der Waals surface area contributed by atoms with E-state index in [1.165, 1.54) is 10.4 Å². The summed E-state index contributed by atoms with van der Waals surface area (Å²) in [6, 6.07) is 7.32. The average molecular weight is 339 g/mol. The molecule has 1 amide bonds. The standard InChI is InChI=1S/C14H15BrN2OS/c1-2-9-5-6-19-13(9)8-17-14(18)11-7-10(16)3-4-12(11)15/h3-7H,2,8,16H2,1H3,(H,17,18). The fourth-order valence-electron chi connectivity index (χ4n) is 1.81. The van der Waals surface area contributed by atoms with Crippen molar-refractivity contribution in [2.75, 3.05) is 5.73 Å². The molecular weight excluding hydrogens is 324 g/mol. The Labute approximate surface area is 125 Å². The Bertz CT molecular complexity index is 595. The second-order valence-electron chi connectivity index (χ2n) is 4.14. The summed E-state index contributed by atoms with van der Waals surface area (Å²) in [5.74, 6) is -0.116. The van der Waals surface area contributed by atoms with Gasteiger partial charge in [0.2, 0.25) is 0 Å². The lowest BCUT2D eigenvalue weighted by molar-refractivity contribution is 0.0950. The van der Waals surface area contributed by atoms with E-state index in [4.69, 9.17) is 5.73 Å². The maximum absolute atomic E-state index is 12.1. The molecule has 1 heterocycles. The van der Waals surface area contributed by atoms with Crippen LogP contribution in [0.15, 0.2) is 34.1 Å². The number of hydrogen-bond donors (Lipinski definition) is 2. The van der Waals surface area contributed by atoms with Gasteiger partial charge in [-0.15, -0.1) is 11.3 Å². The summed E-state index contributed by atoms with van der Waals surface area (Å²) in [5, 5.41) is 4.98. The number of halogens is 1. The number of nitrogens with one attached hydrogen (secondary N) is 1. The largest absolute Gasteiger partial charge is 0.399 e. The normalized spacial score (nSPS) is 10.4. The van der Waals surface area contributed by atoms with E-state index in [0.717, 1.165) is 10.9 Å². The van der Waals surface area contributed by atoms with Gasteiger partial charge in [-0.05, 0) is 57.6 Å². The predicted octanol–water partition coefficient (Wildman–Crippen LogP) is 3.59. The molecule has 1 aromatic heterocycles. The van der Waals surface area contributed by atoms with Crippen LogP contribution >= 0.6 is 27.3 Å². The van der Waals surface area contributed by atoms with Gasteiger partial charge in [0.25, 0.3) is 5.91 Å². The van der Waals surface area contributed by atoms with E-state index < -0.39 is 0 Å². The number of amides is 1.